The molecule has 0 spiro atoms. The Labute approximate surface area is 163 Å². The van der Waals surface area contributed by atoms with Crippen molar-refractivity contribution in [2.45, 2.75) is 18.8 Å². The van der Waals surface area contributed by atoms with E-state index in [4.69, 9.17) is 18.9 Å². The maximum absolute atomic E-state index is 10.8. The Balaban J connectivity index is 1.47. The lowest BCUT2D eigenvalue weighted by molar-refractivity contribution is -0.0105. The van der Waals surface area contributed by atoms with Crippen LogP contribution in [0.5, 0.6) is 23.0 Å². The molecule has 0 amide bonds. The molecule has 2 heterocycles. The first kappa shape index (κ1) is 18.1. The fourth-order valence-corrected chi connectivity index (χ4v) is 3.03. The summed E-state index contributed by atoms with van der Waals surface area (Å²) < 4.78 is 22.7. The van der Waals surface area contributed by atoms with Gasteiger partial charge in [-0.25, -0.2) is 0 Å². The molecule has 2 aromatic carbocycles. The number of methoxy groups -OCH3 is 1. The molecule has 1 N–H and O–H groups in total. The highest BCUT2D eigenvalue weighted by Crippen LogP contribution is 2.37. The van der Waals surface area contributed by atoms with Crippen LogP contribution in [0.4, 0.5) is 0 Å². The van der Waals surface area contributed by atoms with Crippen molar-refractivity contribution in [1.82, 2.24) is 4.98 Å². The van der Waals surface area contributed by atoms with Crippen molar-refractivity contribution in [2.75, 3.05) is 13.7 Å². The summed E-state index contributed by atoms with van der Waals surface area (Å²) in [5.74, 6) is 2.56. The summed E-state index contributed by atoms with van der Waals surface area (Å²) in [4.78, 5) is 4.24. The molecule has 0 saturated carbocycles. The summed E-state index contributed by atoms with van der Waals surface area (Å²) in [5, 5.41) is 10.8. The van der Waals surface area contributed by atoms with Gasteiger partial charge in [0.15, 0.2) is 6.10 Å². The number of rotatable bonds is 6. The zero-order valence-electron chi connectivity index (χ0n) is 15.4. The van der Waals surface area contributed by atoms with E-state index >= 15 is 0 Å². The van der Waals surface area contributed by atoms with E-state index in [2.05, 4.69) is 4.98 Å². The van der Waals surface area contributed by atoms with Crippen LogP contribution in [0.25, 0.3) is 0 Å². The van der Waals surface area contributed by atoms with Crippen molar-refractivity contribution < 1.29 is 24.1 Å². The first-order chi connectivity index (χ1) is 13.7. The standard InChI is InChI=1S/C22H21NO5/c1-25-16-6-4-7-18(11-16)28-21-14-27-20-9-8-17(12-19(20)22(21)24)26-13-15-5-2-3-10-23-15/h2-12,21-22,24H,13-14H2,1H3/t21-,22+/m1/s1. The predicted molar refractivity (Wildman–Crippen MR) is 103 cm³/mol. The van der Waals surface area contributed by atoms with Gasteiger partial charge < -0.3 is 24.1 Å². The van der Waals surface area contributed by atoms with E-state index in [1.165, 1.54) is 0 Å². The summed E-state index contributed by atoms with van der Waals surface area (Å²) in [5.41, 5.74) is 1.47. The Morgan fingerprint density at radius 3 is 2.75 bits per heavy atom. The summed E-state index contributed by atoms with van der Waals surface area (Å²) in [6, 6.07) is 18.3. The molecule has 3 aromatic rings. The van der Waals surface area contributed by atoms with Crippen molar-refractivity contribution in [3.05, 3.63) is 78.1 Å². The number of aliphatic hydroxyl groups excluding tert-OH is 1. The number of nitrogens with zero attached hydrogens (tertiary/aromatic N) is 1. The average Bonchev–Trinajstić information content (AvgIpc) is 2.75. The molecule has 0 saturated heterocycles. The fraction of sp³-hybridized carbons (Fsp3) is 0.227. The van der Waals surface area contributed by atoms with Gasteiger partial charge in [-0.15, -0.1) is 0 Å². The highest BCUT2D eigenvalue weighted by Gasteiger charge is 2.31. The Hall–Kier alpha value is -3.25. The molecule has 6 heteroatoms. The van der Waals surface area contributed by atoms with Crippen molar-refractivity contribution >= 4 is 0 Å². The largest absolute Gasteiger partial charge is 0.497 e. The maximum Gasteiger partial charge on any atom is 0.163 e. The zero-order valence-corrected chi connectivity index (χ0v) is 15.4. The second kappa shape index (κ2) is 8.19. The first-order valence-electron chi connectivity index (χ1n) is 9.01. The minimum atomic E-state index is -0.839. The van der Waals surface area contributed by atoms with Crippen LogP contribution in [-0.2, 0) is 6.61 Å². The highest BCUT2D eigenvalue weighted by molar-refractivity contribution is 5.44. The molecule has 0 aliphatic carbocycles. The SMILES string of the molecule is COc1cccc(O[C@@H]2COc3ccc(OCc4ccccn4)cc3[C@@H]2O)c1. The van der Waals surface area contributed by atoms with E-state index in [9.17, 15) is 5.11 Å². The monoisotopic (exact) mass is 379 g/mol. The number of ether oxygens (including phenoxy) is 4. The molecular weight excluding hydrogens is 358 g/mol. The van der Waals surface area contributed by atoms with Gasteiger partial charge in [0.2, 0.25) is 0 Å². The van der Waals surface area contributed by atoms with Crippen molar-refractivity contribution in [3.63, 3.8) is 0 Å². The third-order valence-electron chi connectivity index (χ3n) is 4.50. The van der Waals surface area contributed by atoms with E-state index in [0.717, 1.165) is 5.69 Å². The zero-order chi connectivity index (χ0) is 19.3. The van der Waals surface area contributed by atoms with E-state index in [1.54, 1.807) is 31.5 Å². The lowest BCUT2D eigenvalue weighted by atomic mass is 10.0. The van der Waals surface area contributed by atoms with E-state index in [0.29, 0.717) is 35.2 Å². The van der Waals surface area contributed by atoms with Gasteiger partial charge in [-0.1, -0.05) is 12.1 Å². The predicted octanol–water partition coefficient (Wildman–Crippen LogP) is 3.54. The normalized spacial score (nSPS) is 17.9. The van der Waals surface area contributed by atoms with E-state index in [-0.39, 0.29) is 6.61 Å². The summed E-state index contributed by atoms with van der Waals surface area (Å²) >= 11 is 0. The van der Waals surface area contributed by atoms with Gasteiger partial charge in [0, 0.05) is 17.8 Å². The molecule has 1 aromatic heterocycles. The summed E-state index contributed by atoms with van der Waals surface area (Å²) in [7, 11) is 1.60. The van der Waals surface area contributed by atoms with Gasteiger partial charge >= 0.3 is 0 Å². The second-order valence-electron chi connectivity index (χ2n) is 6.40. The molecule has 4 rings (SSSR count). The molecule has 144 valence electrons. The van der Waals surface area contributed by atoms with Crippen LogP contribution in [0.3, 0.4) is 0 Å². The van der Waals surface area contributed by atoms with Crippen molar-refractivity contribution in [3.8, 4) is 23.0 Å². The fourth-order valence-electron chi connectivity index (χ4n) is 3.03. The molecule has 2 atom stereocenters. The van der Waals surface area contributed by atoms with Gasteiger partial charge in [-0.3, -0.25) is 4.98 Å². The molecule has 1 aliphatic rings. The number of pyridine rings is 1. The minimum Gasteiger partial charge on any atom is -0.497 e. The lowest BCUT2D eigenvalue weighted by Crippen LogP contribution is -2.35. The molecule has 0 fully saturated rings. The number of benzene rings is 2. The van der Waals surface area contributed by atoms with Gasteiger partial charge in [-0.2, -0.15) is 0 Å². The van der Waals surface area contributed by atoms with Crippen molar-refractivity contribution in [1.29, 1.82) is 0 Å². The Kier molecular flexibility index (Phi) is 5.30. The van der Waals surface area contributed by atoms with E-state index < -0.39 is 12.2 Å². The van der Waals surface area contributed by atoms with Gasteiger partial charge in [0.05, 0.1) is 12.8 Å². The average molecular weight is 379 g/mol. The topological polar surface area (TPSA) is 70.0 Å². The van der Waals surface area contributed by atoms with Crippen molar-refractivity contribution in [2.24, 2.45) is 0 Å². The van der Waals surface area contributed by atoms with Gasteiger partial charge in [0.25, 0.3) is 0 Å². The number of hydrogen-bond donors (Lipinski definition) is 1. The molecule has 0 unspecified atom stereocenters. The Bertz CT molecular complexity index is 931. The number of fused-ring (bicyclic) bond motifs is 1. The molecule has 28 heavy (non-hydrogen) atoms. The third kappa shape index (κ3) is 4.02. The lowest BCUT2D eigenvalue weighted by Gasteiger charge is -2.31. The molecule has 1 aliphatic heterocycles. The number of hydrogen-bond acceptors (Lipinski definition) is 6. The van der Waals surface area contributed by atoms with Gasteiger partial charge in [-0.05, 0) is 42.5 Å². The van der Waals surface area contributed by atoms with Gasteiger partial charge in [0.1, 0.15) is 42.3 Å². The summed E-state index contributed by atoms with van der Waals surface area (Å²) in [6.45, 7) is 0.597. The smallest absolute Gasteiger partial charge is 0.163 e. The van der Waals surface area contributed by atoms with Crippen LogP contribution in [0, 0.1) is 0 Å². The number of aromatic nitrogens is 1. The quantitative estimate of drug-likeness (QED) is 0.706. The molecule has 6 nitrogen and oxygen atoms in total. The third-order valence-corrected chi connectivity index (χ3v) is 4.50. The molecule has 0 bridgehead atoms. The first-order valence-corrected chi connectivity index (χ1v) is 9.01. The Morgan fingerprint density at radius 1 is 1.04 bits per heavy atom. The molecule has 0 radical (unpaired) electrons. The van der Waals surface area contributed by atoms with Crippen LogP contribution in [0.15, 0.2) is 66.9 Å². The van der Waals surface area contributed by atoms with Crippen LogP contribution >= 0.6 is 0 Å². The van der Waals surface area contributed by atoms with Crippen LogP contribution in [-0.4, -0.2) is 29.9 Å². The minimum absolute atomic E-state index is 0.250. The highest BCUT2D eigenvalue weighted by atomic mass is 16.5. The maximum atomic E-state index is 10.8. The Morgan fingerprint density at radius 2 is 1.93 bits per heavy atom. The number of aliphatic hydroxyl groups is 1. The van der Waals surface area contributed by atoms with Crippen LogP contribution in [0.2, 0.25) is 0 Å². The van der Waals surface area contributed by atoms with E-state index in [1.807, 2.05) is 42.5 Å². The summed E-state index contributed by atoms with van der Waals surface area (Å²) in [6.07, 6.45) is 0.350. The van der Waals surface area contributed by atoms with Crippen LogP contribution < -0.4 is 18.9 Å². The molecular formula is C22H21NO5. The van der Waals surface area contributed by atoms with Crippen LogP contribution in [0.1, 0.15) is 17.4 Å². The second-order valence-corrected chi connectivity index (χ2v) is 6.40.